The van der Waals surface area contributed by atoms with Crippen LogP contribution in [0.3, 0.4) is 0 Å². The zero-order chi connectivity index (χ0) is 15.5. The van der Waals surface area contributed by atoms with Gasteiger partial charge < -0.3 is 10.1 Å². The Morgan fingerprint density at radius 2 is 1.76 bits per heavy atom. The molecule has 0 aromatic carbocycles. The Morgan fingerprint density at radius 3 is 2.29 bits per heavy atom. The van der Waals surface area contributed by atoms with E-state index in [1.54, 1.807) is 0 Å². The molecule has 1 N–H and O–H groups in total. The molecule has 0 radical (unpaired) electrons. The summed E-state index contributed by atoms with van der Waals surface area (Å²) < 4.78 is 6.78. The quantitative estimate of drug-likeness (QED) is 0.830. The molecule has 3 rings (SSSR count). The Balaban J connectivity index is 1.73. The van der Waals surface area contributed by atoms with Gasteiger partial charge in [0, 0.05) is 6.04 Å². The zero-order valence-electron chi connectivity index (χ0n) is 15.0. The molecule has 3 fully saturated rings. The van der Waals surface area contributed by atoms with Crippen LogP contribution in [0, 0.1) is 22.2 Å². The van der Waals surface area contributed by atoms with Crippen LogP contribution in [0.2, 0.25) is 0 Å². The third kappa shape index (κ3) is 2.20. The van der Waals surface area contributed by atoms with E-state index in [-0.39, 0.29) is 0 Å². The summed E-state index contributed by atoms with van der Waals surface area (Å²) in [5, 5.41) is 3.71. The number of hydrogen-bond donors (Lipinski definition) is 1. The fourth-order valence-electron chi connectivity index (χ4n) is 5.66. The van der Waals surface area contributed by atoms with E-state index >= 15 is 0 Å². The van der Waals surface area contributed by atoms with E-state index in [1.165, 1.54) is 32.1 Å². The van der Waals surface area contributed by atoms with E-state index in [2.05, 4.69) is 46.9 Å². The molecule has 2 nitrogen and oxygen atoms in total. The van der Waals surface area contributed by atoms with Crippen molar-refractivity contribution in [3.63, 3.8) is 0 Å². The van der Waals surface area contributed by atoms with Gasteiger partial charge in [0.15, 0.2) is 0 Å². The summed E-state index contributed by atoms with van der Waals surface area (Å²) in [4.78, 5) is 0. The standard InChI is InChI=1S/C19H35NO/c1-7-20-16-14(9-10-17(16,2)3)21-15-12-13-8-11-19(15,6)18(13,4)5/h13-16,20H,7-12H2,1-6H3. The van der Waals surface area contributed by atoms with Gasteiger partial charge in [0.1, 0.15) is 0 Å². The lowest BCUT2D eigenvalue weighted by Gasteiger charge is -2.41. The first kappa shape index (κ1) is 15.8. The van der Waals surface area contributed by atoms with Crippen molar-refractivity contribution in [1.82, 2.24) is 5.32 Å². The molecule has 2 heteroatoms. The minimum atomic E-state index is 0.370. The van der Waals surface area contributed by atoms with Gasteiger partial charge in [-0.05, 0) is 60.8 Å². The minimum absolute atomic E-state index is 0.370. The van der Waals surface area contributed by atoms with E-state index in [0.29, 0.717) is 34.5 Å². The molecule has 122 valence electrons. The molecule has 0 spiro atoms. The monoisotopic (exact) mass is 293 g/mol. The summed E-state index contributed by atoms with van der Waals surface area (Å²) in [6, 6.07) is 0.522. The third-order valence-electron chi connectivity index (χ3n) is 7.76. The molecule has 0 aliphatic heterocycles. The fraction of sp³-hybridized carbons (Fsp3) is 1.00. The summed E-state index contributed by atoms with van der Waals surface area (Å²) in [6.45, 7) is 15.5. The summed E-state index contributed by atoms with van der Waals surface area (Å²) in [5.74, 6) is 0.875. The Hall–Kier alpha value is -0.0800. The summed E-state index contributed by atoms with van der Waals surface area (Å²) in [5.41, 5.74) is 1.22. The molecule has 21 heavy (non-hydrogen) atoms. The lowest BCUT2D eigenvalue weighted by atomic mass is 9.70. The van der Waals surface area contributed by atoms with Crippen molar-refractivity contribution >= 4 is 0 Å². The smallest absolute Gasteiger partial charge is 0.0737 e. The second-order valence-electron chi connectivity index (χ2n) is 9.34. The highest BCUT2D eigenvalue weighted by Gasteiger charge is 2.62. The second-order valence-corrected chi connectivity index (χ2v) is 9.34. The van der Waals surface area contributed by atoms with Crippen molar-refractivity contribution in [3.05, 3.63) is 0 Å². The maximum atomic E-state index is 6.78. The predicted octanol–water partition coefficient (Wildman–Crippen LogP) is 4.38. The largest absolute Gasteiger partial charge is 0.373 e. The van der Waals surface area contributed by atoms with Gasteiger partial charge in [-0.2, -0.15) is 0 Å². The van der Waals surface area contributed by atoms with E-state index in [9.17, 15) is 0 Å². The van der Waals surface area contributed by atoms with Gasteiger partial charge in [-0.3, -0.25) is 0 Å². The molecule has 0 aromatic heterocycles. The van der Waals surface area contributed by atoms with Crippen LogP contribution in [0.25, 0.3) is 0 Å². The highest BCUT2D eigenvalue weighted by atomic mass is 16.5. The summed E-state index contributed by atoms with van der Waals surface area (Å²) in [7, 11) is 0. The van der Waals surface area contributed by atoms with Gasteiger partial charge in [-0.1, -0.05) is 41.5 Å². The molecule has 0 aromatic rings. The van der Waals surface area contributed by atoms with Crippen molar-refractivity contribution in [1.29, 1.82) is 0 Å². The van der Waals surface area contributed by atoms with Crippen molar-refractivity contribution in [2.75, 3.05) is 6.54 Å². The SMILES string of the molecule is CCNC1C(OC2CC3CCC2(C)C3(C)C)CCC1(C)C. The van der Waals surface area contributed by atoms with Crippen LogP contribution in [-0.2, 0) is 4.74 Å². The first-order valence-corrected chi connectivity index (χ1v) is 9.11. The molecule has 2 bridgehead atoms. The summed E-state index contributed by atoms with van der Waals surface area (Å²) >= 11 is 0. The Kier molecular flexibility index (Phi) is 3.73. The Bertz CT molecular complexity index is 402. The highest BCUT2D eigenvalue weighted by Crippen LogP contribution is 2.66. The molecule has 3 saturated carbocycles. The molecule has 3 aliphatic carbocycles. The number of ether oxygens (including phenoxy) is 1. The Morgan fingerprint density at radius 1 is 1.05 bits per heavy atom. The van der Waals surface area contributed by atoms with Crippen LogP contribution >= 0.6 is 0 Å². The van der Waals surface area contributed by atoms with Crippen LogP contribution < -0.4 is 5.32 Å². The van der Waals surface area contributed by atoms with Crippen LogP contribution in [-0.4, -0.2) is 24.8 Å². The average molecular weight is 293 g/mol. The molecular formula is C19H35NO. The number of hydrogen-bond acceptors (Lipinski definition) is 2. The topological polar surface area (TPSA) is 21.3 Å². The maximum Gasteiger partial charge on any atom is 0.0737 e. The van der Waals surface area contributed by atoms with Crippen molar-refractivity contribution in [2.24, 2.45) is 22.2 Å². The van der Waals surface area contributed by atoms with Crippen molar-refractivity contribution in [2.45, 2.75) is 91.9 Å². The third-order valence-corrected chi connectivity index (χ3v) is 7.76. The molecule has 0 heterocycles. The lowest BCUT2D eigenvalue weighted by molar-refractivity contribution is -0.0953. The maximum absolute atomic E-state index is 6.78. The average Bonchev–Trinajstić information content (AvgIpc) is 2.87. The van der Waals surface area contributed by atoms with Gasteiger partial charge >= 0.3 is 0 Å². The number of rotatable bonds is 4. The predicted molar refractivity (Wildman–Crippen MR) is 88.4 cm³/mol. The molecule has 3 aliphatic rings. The summed E-state index contributed by atoms with van der Waals surface area (Å²) in [6.07, 6.45) is 7.46. The molecular weight excluding hydrogens is 258 g/mol. The lowest BCUT2D eigenvalue weighted by Crippen LogP contribution is -2.48. The first-order valence-electron chi connectivity index (χ1n) is 9.11. The van der Waals surface area contributed by atoms with Crippen LogP contribution in [0.5, 0.6) is 0 Å². The molecule has 0 amide bonds. The van der Waals surface area contributed by atoms with Crippen LogP contribution in [0.4, 0.5) is 0 Å². The van der Waals surface area contributed by atoms with E-state index < -0.39 is 0 Å². The van der Waals surface area contributed by atoms with Crippen LogP contribution in [0.1, 0.15) is 73.6 Å². The van der Waals surface area contributed by atoms with Crippen molar-refractivity contribution in [3.8, 4) is 0 Å². The van der Waals surface area contributed by atoms with Gasteiger partial charge in [0.05, 0.1) is 12.2 Å². The van der Waals surface area contributed by atoms with Crippen molar-refractivity contribution < 1.29 is 4.74 Å². The second kappa shape index (κ2) is 4.96. The van der Waals surface area contributed by atoms with Gasteiger partial charge in [-0.15, -0.1) is 0 Å². The molecule has 0 saturated heterocycles. The zero-order valence-corrected chi connectivity index (χ0v) is 15.0. The fourth-order valence-corrected chi connectivity index (χ4v) is 5.66. The van der Waals surface area contributed by atoms with E-state index in [0.717, 1.165) is 12.5 Å². The normalized spacial score (nSPS) is 47.1. The van der Waals surface area contributed by atoms with Gasteiger partial charge in [-0.25, -0.2) is 0 Å². The first-order chi connectivity index (χ1) is 9.72. The van der Waals surface area contributed by atoms with E-state index in [4.69, 9.17) is 4.74 Å². The highest BCUT2D eigenvalue weighted by molar-refractivity contribution is 5.12. The molecule has 5 atom stereocenters. The van der Waals surface area contributed by atoms with E-state index in [1.807, 2.05) is 0 Å². The van der Waals surface area contributed by atoms with Gasteiger partial charge in [0.25, 0.3) is 0 Å². The molecule has 5 unspecified atom stereocenters. The number of fused-ring (bicyclic) bond motifs is 2. The van der Waals surface area contributed by atoms with Crippen LogP contribution in [0.15, 0.2) is 0 Å². The number of nitrogens with one attached hydrogen (secondary N) is 1. The van der Waals surface area contributed by atoms with Gasteiger partial charge in [0.2, 0.25) is 0 Å². The Labute approximate surface area is 131 Å². The minimum Gasteiger partial charge on any atom is -0.373 e. The number of likely N-dealkylation sites (N-methyl/N-ethyl adjacent to an activating group) is 1.